The number of likely N-dealkylation sites (tertiary alicyclic amines) is 1. The van der Waals surface area contributed by atoms with Crippen molar-refractivity contribution in [3.8, 4) is 0 Å². The molecule has 0 radical (unpaired) electrons. The molecule has 1 saturated heterocycles. The predicted molar refractivity (Wildman–Crippen MR) is 73.7 cm³/mol. The van der Waals surface area contributed by atoms with Crippen LogP contribution in [0.4, 0.5) is 0 Å². The van der Waals surface area contributed by atoms with Gasteiger partial charge in [0.1, 0.15) is 0 Å². The maximum atomic E-state index is 11.6. The lowest BCUT2D eigenvalue weighted by Gasteiger charge is -2.27. The van der Waals surface area contributed by atoms with Crippen molar-refractivity contribution in [2.24, 2.45) is 11.8 Å². The average molecular weight is 266 g/mol. The van der Waals surface area contributed by atoms with Gasteiger partial charge in [-0.15, -0.1) is 0 Å². The van der Waals surface area contributed by atoms with E-state index in [4.69, 9.17) is 0 Å². The third kappa shape index (κ3) is 4.18. The highest BCUT2D eigenvalue weighted by Gasteiger charge is 2.31. The highest BCUT2D eigenvalue weighted by molar-refractivity contribution is 5.78. The fourth-order valence-electron chi connectivity index (χ4n) is 3.06. The lowest BCUT2D eigenvalue weighted by molar-refractivity contribution is -0.129. The second-order valence-electron chi connectivity index (χ2n) is 6.70. The van der Waals surface area contributed by atoms with Gasteiger partial charge in [0.2, 0.25) is 5.91 Å². The van der Waals surface area contributed by atoms with Crippen molar-refractivity contribution in [3.63, 3.8) is 0 Å². The number of aliphatic hydroxyl groups excluding tert-OH is 1. The smallest absolute Gasteiger partial charge is 0.222 e. The van der Waals surface area contributed by atoms with E-state index in [0.29, 0.717) is 13.0 Å². The molecule has 2 aliphatic carbocycles. The molecule has 19 heavy (non-hydrogen) atoms. The first-order valence-corrected chi connectivity index (χ1v) is 7.89. The van der Waals surface area contributed by atoms with Crippen LogP contribution in [0.15, 0.2) is 0 Å². The van der Waals surface area contributed by atoms with Crippen LogP contribution >= 0.6 is 0 Å². The van der Waals surface area contributed by atoms with Gasteiger partial charge in [-0.05, 0) is 43.9 Å². The van der Waals surface area contributed by atoms with Gasteiger partial charge in [-0.2, -0.15) is 0 Å². The zero-order valence-electron chi connectivity index (χ0n) is 11.8. The van der Waals surface area contributed by atoms with Crippen LogP contribution in [0, 0.1) is 11.8 Å². The highest BCUT2D eigenvalue weighted by Crippen LogP contribution is 2.33. The molecule has 1 N–H and O–H groups in total. The van der Waals surface area contributed by atoms with Crippen molar-refractivity contribution >= 4 is 5.91 Å². The molecule has 108 valence electrons. The SMILES string of the molecule is O=C1CCCN1CC(O)CN(CC1CC1)CC1CC1. The second-order valence-corrected chi connectivity index (χ2v) is 6.70. The number of aliphatic hydroxyl groups is 1. The fraction of sp³-hybridized carbons (Fsp3) is 0.933. The molecule has 0 aromatic carbocycles. The Morgan fingerprint density at radius 1 is 1.21 bits per heavy atom. The molecule has 0 spiro atoms. The van der Waals surface area contributed by atoms with Crippen LogP contribution in [0.25, 0.3) is 0 Å². The first kappa shape index (κ1) is 13.4. The maximum Gasteiger partial charge on any atom is 0.222 e. The molecular weight excluding hydrogens is 240 g/mol. The first-order chi connectivity index (χ1) is 9.20. The number of carbonyl (C=O) groups is 1. The van der Waals surface area contributed by atoms with Crippen LogP contribution in [0.2, 0.25) is 0 Å². The summed E-state index contributed by atoms with van der Waals surface area (Å²) in [5.74, 6) is 1.97. The zero-order valence-corrected chi connectivity index (χ0v) is 11.8. The summed E-state index contributed by atoms with van der Waals surface area (Å²) in [6.07, 6.45) is 6.70. The zero-order chi connectivity index (χ0) is 13.2. The number of rotatable bonds is 8. The summed E-state index contributed by atoms with van der Waals surface area (Å²) in [6, 6.07) is 0. The van der Waals surface area contributed by atoms with E-state index in [2.05, 4.69) is 4.90 Å². The van der Waals surface area contributed by atoms with Gasteiger partial charge in [-0.3, -0.25) is 4.79 Å². The number of amides is 1. The van der Waals surface area contributed by atoms with Crippen molar-refractivity contribution < 1.29 is 9.90 Å². The molecule has 1 amide bonds. The molecule has 4 heteroatoms. The Morgan fingerprint density at radius 3 is 2.32 bits per heavy atom. The molecule has 0 aromatic rings. The van der Waals surface area contributed by atoms with Gasteiger partial charge >= 0.3 is 0 Å². The van der Waals surface area contributed by atoms with Crippen LogP contribution < -0.4 is 0 Å². The topological polar surface area (TPSA) is 43.8 Å². The summed E-state index contributed by atoms with van der Waals surface area (Å²) in [5, 5.41) is 10.2. The highest BCUT2D eigenvalue weighted by atomic mass is 16.3. The summed E-state index contributed by atoms with van der Waals surface area (Å²) < 4.78 is 0. The van der Waals surface area contributed by atoms with Crippen LogP contribution in [-0.2, 0) is 4.79 Å². The quantitative estimate of drug-likeness (QED) is 0.715. The van der Waals surface area contributed by atoms with Gasteiger partial charge in [0.05, 0.1) is 6.10 Å². The van der Waals surface area contributed by atoms with Crippen LogP contribution in [0.3, 0.4) is 0 Å². The van der Waals surface area contributed by atoms with Gasteiger partial charge in [0, 0.05) is 39.1 Å². The standard InChI is InChI=1S/C15H26N2O2/c18-14(11-17-7-1-2-15(17)19)10-16(8-12-3-4-12)9-13-5-6-13/h12-14,18H,1-11H2. The Kier molecular flexibility index (Phi) is 4.08. The van der Waals surface area contributed by atoms with Crippen LogP contribution in [0.5, 0.6) is 0 Å². The van der Waals surface area contributed by atoms with Crippen molar-refractivity contribution in [2.45, 2.75) is 44.6 Å². The van der Waals surface area contributed by atoms with Crippen molar-refractivity contribution in [1.29, 1.82) is 0 Å². The van der Waals surface area contributed by atoms with Crippen molar-refractivity contribution in [1.82, 2.24) is 9.80 Å². The van der Waals surface area contributed by atoms with Crippen LogP contribution in [-0.4, -0.2) is 59.6 Å². The fourth-order valence-corrected chi connectivity index (χ4v) is 3.06. The molecule has 2 saturated carbocycles. The molecule has 3 aliphatic rings. The third-order valence-electron chi connectivity index (χ3n) is 4.50. The van der Waals surface area contributed by atoms with Crippen molar-refractivity contribution in [3.05, 3.63) is 0 Å². The molecule has 0 bridgehead atoms. The number of nitrogens with zero attached hydrogens (tertiary/aromatic N) is 2. The second kappa shape index (κ2) is 5.80. The minimum absolute atomic E-state index is 0.218. The van der Waals surface area contributed by atoms with Gasteiger partial charge in [0.25, 0.3) is 0 Å². The molecular formula is C15H26N2O2. The molecule has 3 fully saturated rings. The Labute approximate surface area is 115 Å². The maximum absolute atomic E-state index is 11.6. The van der Waals surface area contributed by atoms with Gasteiger partial charge < -0.3 is 14.9 Å². The Balaban J connectivity index is 1.44. The van der Waals surface area contributed by atoms with Gasteiger partial charge in [-0.1, -0.05) is 0 Å². The molecule has 3 rings (SSSR count). The minimum atomic E-state index is -0.375. The van der Waals surface area contributed by atoms with E-state index in [0.717, 1.165) is 44.4 Å². The van der Waals surface area contributed by atoms with Gasteiger partial charge in [-0.25, -0.2) is 0 Å². The predicted octanol–water partition coefficient (Wildman–Crippen LogP) is 1.09. The molecule has 1 heterocycles. The normalized spacial score (nSPS) is 25.4. The number of hydrogen-bond acceptors (Lipinski definition) is 3. The number of hydrogen-bond donors (Lipinski definition) is 1. The molecule has 1 unspecified atom stereocenters. The summed E-state index contributed by atoms with van der Waals surface area (Å²) in [7, 11) is 0. The molecule has 0 aromatic heterocycles. The lowest BCUT2D eigenvalue weighted by atomic mass is 10.2. The largest absolute Gasteiger partial charge is 0.390 e. The Bertz CT molecular complexity index is 312. The van der Waals surface area contributed by atoms with E-state index in [1.165, 1.54) is 25.7 Å². The first-order valence-electron chi connectivity index (χ1n) is 7.89. The summed E-state index contributed by atoms with van der Waals surface area (Å²) in [5.41, 5.74) is 0. The summed E-state index contributed by atoms with van der Waals surface area (Å²) in [4.78, 5) is 15.8. The van der Waals surface area contributed by atoms with Gasteiger partial charge in [0.15, 0.2) is 0 Å². The monoisotopic (exact) mass is 266 g/mol. The Morgan fingerprint density at radius 2 is 1.84 bits per heavy atom. The van der Waals surface area contributed by atoms with E-state index < -0.39 is 0 Å². The molecule has 4 nitrogen and oxygen atoms in total. The minimum Gasteiger partial charge on any atom is -0.390 e. The lowest BCUT2D eigenvalue weighted by Crippen LogP contribution is -2.42. The van der Waals surface area contributed by atoms with Crippen LogP contribution in [0.1, 0.15) is 38.5 Å². The molecule has 1 aliphatic heterocycles. The van der Waals surface area contributed by atoms with E-state index in [9.17, 15) is 9.90 Å². The van der Waals surface area contributed by atoms with E-state index in [1.54, 1.807) is 0 Å². The Hall–Kier alpha value is -0.610. The van der Waals surface area contributed by atoms with E-state index in [1.807, 2.05) is 4.90 Å². The van der Waals surface area contributed by atoms with E-state index in [-0.39, 0.29) is 12.0 Å². The summed E-state index contributed by atoms with van der Waals surface area (Å²) in [6.45, 7) is 4.42. The number of carbonyl (C=O) groups excluding carboxylic acids is 1. The average Bonchev–Trinajstić information content (AvgIpc) is 3.25. The van der Waals surface area contributed by atoms with E-state index >= 15 is 0 Å². The number of β-amino-alcohol motifs (C(OH)–C–C–N with tert-alkyl or cyclic N) is 1. The molecule has 1 atom stereocenters. The van der Waals surface area contributed by atoms with Crippen molar-refractivity contribution in [2.75, 3.05) is 32.7 Å². The summed E-state index contributed by atoms with van der Waals surface area (Å²) >= 11 is 0. The third-order valence-corrected chi connectivity index (χ3v) is 4.50.